The van der Waals surface area contributed by atoms with Gasteiger partial charge < -0.3 is 14.7 Å². The molecule has 0 aliphatic rings. The lowest BCUT2D eigenvalue weighted by Crippen LogP contribution is -2.35. The Hall–Kier alpha value is -2.04. The van der Waals surface area contributed by atoms with Crippen LogP contribution >= 0.6 is 0 Å². The van der Waals surface area contributed by atoms with E-state index in [4.69, 9.17) is 9.84 Å². The monoisotopic (exact) mass is 279 g/mol. The molecule has 1 N–H and O–H groups in total. The molecule has 5 nitrogen and oxygen atoms in total. The highest BCUT2D eigenvalue weighted by Gasteiger charge is 2.18. The van der Waals surface area contributed by atoms with Crippen LogP contribution in [0, 0.1) is 5.92 Å². The SMILES string of the molecule is COc1ccc(CN(CCC(=O)O)C(=O)C(C)C)cc1. The number of nitrogens with zero attached hydrogens (tertiary/aromatic N) is 1. The summed E-state index contributed by atoms with van der Waals surface area (Å²) in [5.41, 5.74) is 0.949. The van der Waals surface area contributed by atoms with Gasteiger partial charge in [0, 0.05) is 19.0 Å². The Morgan fingerprint density at radius 1 is 1.25 bits per heavy atom. The van der Waals surface area contributed by atoms with Gasteiger partial charge in [-0.2, -0.15) is 0 Å². The molecule has 0 saturated heterocycles. The standard InChI is InChI=1S/C15H21NO4/c1-11(2)15(19)16(9-8-14(17)18)10-12-4-6-13(20-3)7-5-12/h4-7,11H,8-10H2,1-3H3,(H,17,18). The molecule has 0 fully saturated rings. The fraction of sp³-hybridized carbons (Fsp3) is 0.467. The molecule has 5 heteroatoms. The van der Waals surface area contributed by atoms with Crippen LogP contribution in [-0.4, -0.2) is 35.5 Å². The Morgan fingerprint density at radius 2 is 1.85 bits per heavy atom. The van der Waals surface area contributed by atoms with Gasteiger partial charge in [-0.1, -0.05) is 26.0 Å². The third kappa shape index (κ3) is 4.91. The van der Waals surface area contributed by atoms with Gasteiger partial charge in [0.1, 0.15) is 5.75 Å². The molecule has 20 heavy (non-hydrogen) atoms. The fourth-order valence-electron chi connectivity index (χ4n) is 1.81. The molecular formula is C15H21NO4. The van der Waals surface area contributed by atoms with Crippen molar-refractivity contribution in [3.8, 4) is 5.75 Å². The molecule has 0 aliphatic carbocycles. The Bertz CT molecular complexity index is 453. The lowest BCUT2D eigenvalue weighted by molar-refractivity contribution is -0.139. The van der Waals surface area contributed by atoms with Gasteiger partial charge in [0.2, 0.25) is 5.91 Å². The lowest BCUT2D eigenvalue weighted by atomic mass is 10.1. The number of hydrogen-bond donors (Lipinski definition) is 1. The number of aliphatic carboxylic acids is 1. The summed E-state index contributed by atoms with van der Waals surface area (Å²) < 4.78 is 5.08. The molecule has 0 atom stereocenters. The van der Waals surface area contributed by atoms with E-state index in [9.17, 15) is 9.59 Å². The summed E-state index contributed by atoms with van der Waals surface area (Å²) in [4.78, 5) is 24.4. The average Bonchev–Trinajstić information content (AvgIpc) is 2.43. The first kappa shape index (κ1) is 16.0. The molecule has 0 heterocycles. The van der Waals surface area contributed by atoms with Crippen LogP contribution in [0.5, 0.6) is 5.75 Å². The van der Waals surface area contributed by atoms with E-state index in [0.717, 1.165) is 11.3 Å². The zero-order valence-electron chi connectivity index (χ0n) is 12.1. The minimum atomic E-state index is -0.902. The Labute approximate surface area is 119 Å². The minimum Gasteiger partial charge on any atom is -0.497 e. The Balaban J connectivity index is 2.76. The van der Waals surface area contributed by atoms with Crippen molar-refractivity contribution in [1.82, 2.24) is 4.90 Å². The maximum atomic E-state index is 12.1. The van der Waals surface area contributed by atoms with Crippen LogP contribution in [0.4, 0.5) is 0 Å². The molecule has 1 rings (SSSR count). The lowest BCUT2D eigenvalue weighted by Gasteiger charge is -2.24. The topological polar surface area (TPSA) is 66.8 Å². The van der Waals surface area contributed by atoms with Gasteiger partial charge in [0.15, 0.2) is 0 Å². The third-order valence-electron chi connectivity index (χ3n) is 2.93. The van der Waals surface area contributed by atoms with Crippen LogP contribution in [0.15, 0.2) is 24.3 Å². The van der Waals surface area contributed by atoms with Gasteiger partial charge in [-0.25, -0.2) is 0 Å². The normalized spacial score (nSPS) is 10.4. The summed E-state index contributed by atoms with van der Waals surface area (Å²) >= 11 is 0. The maximum Gasteiger partial charge on any atom is 0.305 e. The number of carbonyl (C=O) groups excluding carboxylic acids is 1. The molecule has 0 bridgehead atoms. The number of methoxy groups -OCH3 is 1. The van der Waals surface area contributed by atoms with Crippen molar-refractivity contribution < 1.29 is 19.4 Å². The highest BCUT2D eigenvalue weighted by Crippen LogP contribution is 2.14. The fourth-order valence-corrected chi connectivity index (χ4v) is 1.81. The summed E-state index contributed by atoms with van der Waals surface area (Å²) in [6, 6.07) is 7.40. The number of rotatable bonds is 7. The summed E-state index contributed by atoms with van der Waals surface area (Å²) in [5.74, 6) is -0.341. The predicted octanol–water partition coefficient (Wildman–Crippen LogP) is 2.15. The second kappa shape index (κ2) is 7.53. The average molecular weight is 279 g/mol. The van der Waals surface area contributed by atoms with E-state index in [2.05, 4.69) is 0 Å². The van der Waals surface area contributed by atoms with Crippen LogP contribution in [0.1, 0.15) is 25.8 Å². The van der Waals surface area contributed by atoms with E-state index in [1.54, 1.807) is 12.0 Å². The number of amides is 1. The molecule has 0 spiro atoms. The van der Waals surface area contributed by atoms with Crippen molar-refractivity contribution in [2.24, 2.45) is 5.92 Å². The van der Waals surface area contributed by atoms with Gasteiger partial charge >= 0.3 is 5.97 Å². The first-order chi connectivity index (χ1) is 9.43. The zero-order chi connectivity index (χ0) is 15.1. The number of carboxylic acids is 1. The van der Waals surface area contributed by atoms with Crippen molar-refractivity contribution in [2.75, 3.05) is 13.7 Å². The summed E-state index contributed by atoms with van der Waals surface area (Å²) in [7, 11) is 1.59. The summed E-state index contributed by atoms with van der Waals surface area (Å²) in [5, 5.41) is 8.76. The van der Waals surface area contributed by atoms with Gasteiger partial charge in [-0.3, -0.25) is 9.59 Å². The number of benzene rings is 1. The minimum absolute atomic E-state index is 0.0398. The van der Waals surface area contributed by atoms with Crippen LogP contribution in [0.2, 0.25) is 0 Å². The molecular weight excluding hydrogens is 258 g/mol. The largest absolute Gasteiger partial charge is 0.497 e. The molecule has 0 aromatic heterocycles. The Morgan fingerprint density at radius 3 is 2.30 bits per heavy atom. The van der Waals surface area contributed by atoms with E-state index in [-0.39, 0.29) is 24.8 Å². The molecule has 1 aromatic carbocycles. The van der Waals surface area contributed by atoms with Crippen LogP contribution in [0.25, 0.3) is 0 Å². The van der Waals surface area contributed by atoms with Gasteiger partial charge in [-0.05, 0) is 17.7 Å². The first-order valence-corrected chi connectivity index (χ1v) is 6.57. The van der Waals surface area contributed by atoms with E-state index in [0.29, 0.717) is 6.54 Å². The van der Waals surface area contributed by atoms with Crippen molar-refractivity contribution >= 4 is 11.9 Å². The molecule has 0 unspecified atom stereocenters. The summed E-state index contributed by atoms with van der Waals surface area (Å²) in [6.07, 6.45) is -0.0470. The second-order valence-electron chi connectivity index (χ2n) is 4.91. The molecule has 0 saturated carbocycles. The van der Waals surface area contributed by atoms with Crippen LogP contribution in [-0.2, 0) is 16.1 Å². The molecule has 1 aromatic rings. The van der Waals surface area contributed by atoms with E-state index < -0.39 is 5.97 Å². The van der Waals surface area contributed by atoms with Crippen molar-refractivity contribution in [1.29, 1.82) is 0 Å². The zero-order valence-corrected chi connectivity index (χ0v) is 12.1. The number of carboxylic acid groups (broad SMARTS) is 1. The number of hydrogen-bond acceptors (Lipinski definition) is 3. The smallest absolute Gasteiger partial charge is 0.305 e. The quantitative estimate of drug-likeness (QED) is 0.830. The second-order valence-corrected chi connectivity index (χ2v) is 4.91. The van der Waals surface area contributed by atoms with E-state index in [1.165, 1.54) is 0 Å². The molecule has 0 radical (unpaired) electrons. The van der Waals surface area contributed by atoms with Crippen LogP contribution in [0.3, 0.4) is 0 Å². The highest BCUT2D eigenvalue weighted by atomic mass is 16.5. The summed E-state index contributed by atoms with van der Waals surface area (Å²) in [6.45, 7) is 4.25. The molecule has 1 amide bonds. The molecule has 0 aliphatic heterocycles. The number of ether oxygens (including phenoxy) is 1. The van der Waals surface area contributed by atoms with Gasteiger partial charge in [0.05, 0.1) is 13.5 Å². The number of carbonyl (C=O) groups is 2. The first-order valence-electron chi connectivity index (χ1n) is 6.57. The maximum absolute atomic E-state index is 12.1. The Kier molecular flexibility index (Phi) is 6.03. The van der Waals surface area contributed by atoms with Gasteiger partial charge in [0.25, 0.3) is 0 Å². The van der Waals surface area contributed by atoms with Crippen molar-refractivity contribution in [3.05, 3.63) is 29.8 Å². The highest BCUT2D eigenvalue weighted by molar-refractivity contribution is 5.78. The molecule has 110 valence electrons. The predicted molar refractivity (Wildman–Crippen MR) is 75.5 cm³/mol. The van der Waals surface area contributed by atoms with Gasteiger partial charge in [-0.15, -0.1) is 0 Å². The third-order valence-corrected chi connectivity index (χ3v) is 2.93. The van der Waals surface area contributed by atoms with Crippen molar-refractivity contribution in [3.63, 3.8) is 0 Å². The van der Waals surface area contributed by atoms with E-state index >= 15 is 0 Å². The van der Waals surface area contributed by atoms with E-state index in [1.807, 2.05) is 38.1 Å². The van der Waals surface area contributed by atoms with Crippen LogP contribution < -0.4 is 4.74 Å². The van der Waals surface area contributed by atoms with Crippen molar-refractivity contribution in [2.45, 2.75) is 26.8 Å².